The van der Waals surface area contributed by atoms with Crippen molar-refractivity contribution >= 4 is 11.8 Å². The zero-order valence-corrected chi connectivity index (χ0v) is 12.8. The van der Waals surface area contributed by atoms with Crippen LogP contribution >= 0.6 is 11.8 Å². The number of aliphatic hydroxyl groups is 1. The van der Waals surface area contributed by atoms with Gasteiger partial charge in [0.1, 0.15) is 18.5 Å². The number of para-hydroxylation sites is 1. The molecule has 0 amide bonds. The van der Waals surface area contributed by atoms with Crippen LogP contribution in [-0.2, 0) is 4.74 Å². The third-order valence-corrected chi connectivity index (χ3v) is 5.22. The van der Waals surface area contributed by atoms with Crippen molar-refractivity contribution in [2.45, 2.75) is 31.0 Å². The van der Waals surface area contributed by atoms with E-state index in [1.165, 1.54) is 5.75 Å². The topological polar surface area (TPSA) is 38.7 Å². The largest absolute Gasteiger partial charge is 0.489 e. The normalized spacial score (nSPS) is 28.1. The van der Waals surface area contributed by atoms with Crippen LogP contribution < -0.4 is 4.74 Å². The fourth-order valence-corrected chi connectivity index (χ4v) is 4.31. The summed E-state index contributed by atoms with van der Waals surface area (Å²) < 4.78 is 12.2. The van der Waals surface area contributed by atoms with Gasteiger partial charge in [-0.05, 0) is 24.3 Å². The van der Waals surface area contributed by atoms with Gasteiger partial charge in [-0.1, -0.05) is 24.0 Å². The highest BCUT2D eigenvalue weighted by Crippen LogP contribution is 2.39. The number of hydrogen-bond acceptors (Lipinski definition) is 4. The van der Waals surface area contributed by atoms with Gasteiger partial charge in [-0.2, -0.15) is 11.8 Å². The predicted octanol–water partition coefficient (Wildman–Crippen LogP) is 2.46. The van der Waals surface area contributed by atoms with Crippen molar-refractivity contribution < 1.29 is 14.6 Å². The summed E-state index contributed by atoms with van der Waals surface area (Å²) in [7, 11) is 0. The lowest BCUT2D eigenvalue weighted by Gasteiger charge is -2.37. The van der Waals surface area contributed by atoms with Crippen LogP contribution in [0.1, 0.15) is 24.8 Å². The number of benzene rings is 1. The van der Waals surface area contributed by atoms with Crippen LogP contribution in [0.15, 0.2) is 24.3 Å². The molecule has 2 fully saturated rings. The highest BCUT2D eigenvalue weighted by Gasteiger charge is 2.41. The molecule has 2 unspecified atom stereocenters. The van der Waals surface area contributed by atoms with Crippen LogP contribution in [0.4, 0.5) is 0 Å². The van der Waals surface area contributed by atoms with Crippen molar-refractivity contribution in [1.82, 2.24) is 0 Å². The van der Waals surface area contributed by atoms with E-state index < -0.39 is 0 Å². The molecule has 2 atom stereocenters. The third-order valence-electron chi connectivity index (χ3n) is 4.00. The summed E-state index contributed by atoms with van der Waals surface area (Å²) in [5.41, 5.74) is 0.868. The van der Waals surface area contributed by atoms with Gasteiger partial charge in [0, 0.05) is 18.6 Å². The van der Waals surface area contributed by atoms with Gasteiger partial charge in [0.05, 0.1) is 17.8 Å². The Morgan fingerprint density at radius 3 is 3.14 bits per heavy atom. The first-order chi connectivity index (χ1) is 10.3. The minimum absolute atomic E-state index is 0.0271. The van der Waals surface area contributed by atoms with Crippen molar-refractivity contribution in [2.75, 3.05) is 24.7 Å². The van der Waals surface area contributed by atoms with E-state index in [2.05, 4.69) is 11.8 Å². The van der Waals surface area contributed by atoms with Crippen LogP contribution in [0.2, 0.25) is 0 Å². The quantitative estimate of drug-likeness (QED) is 0.852. The summed E-state index contributed by atoms with van der Waals surface area (Å²) in [6, 6.07) is 7.78. The van der Waals surface area contributed by atoms with Crippen LogP contribution in [0.25, 0.3) is 0 Å². The Balaban J connectivity index is 1.71. The summed E-state index contributed by atoms with van der Waals surface area (Å²) in [6.45, 7) is 0.641. The molecule has 2 saturated heterocycles. The van der Waals surface area contributed by atoms with Crippen LogP contribution in [0.5, 0.6) is 5.75 Å². The Kier molecular flexibility index (Phi) is 4.74. The number of ether oxygens (including phenoxy) is 2. The monoisotopic (exact) mass is 304 g/mol. The molecule has 0 aromatic heterocycles. The maximum Gasteiger partial charge on any atom is 0.135 e. The smallest absolute Gasteiger partial charge is 0.135 e. The van der Waals surface area contributed by atoms with E-state index in [9.17, 15) is 0 Å². The van der Waals surface area contributed by atoms with Crippen molar-refractivity contribution in [3.05, 3.63) is 29.8 Å². The minimum atomic E-state index is -0.133. The molecule has 1 spiro atoms. The Bertz CT molecular complexity index is 540. The Labute approximate surface area is 130 Å². The van der Waals surface area contributed by atoms with E-state index in [4.69, 9.17) is 14.6 Å². The molecule has 1 aromatic carbocycles. The molecule has 3 rings (SSSR count). The fourth-order valence-electron chi connectivity index (χ4n) is 2.93. The first-order valence-corrected chi connectivity index (χ1v) is 8.54. The maximum atomic E-state index is 8.85. The van der Waals surface area contributed by atoms with Gasteiger partial charge < -0.3 is 14.6 Å². The molecule has 0 radical (unpaired) electrons. The Morgan fingerprint density at radius 2 is 2.33 bits per heavy atom. The average molecular weight is 304 g/mol. The SMILES string of the molecule is OCC#Cc1ccccc1OC1CCOC2(CCSC2)C1. The molecule has 0 bridgehead atoms. The Morgan fingerprint density at radius 1 is 1.43 bits per heavy atom. The molecular formula is C17H20O3S. The van der Waals surface area contributed by atoms with Gasteiger partial charge in [0.15, 0.2) is 0 Å². The lowest BCUT2D eigenvalue weighted by molar-refractivity contribution is -0.0959. The number of rotatable bonds is 2. The second-order valence-corrected chi connectivity index (χ2v) is 6.63. The fraction of sp³-hybridized carbons (Fsp3) is 0.529. The molecule has 4 heteroatoms. The van der Waals surface area contributed by atoms with Crippen LogP contribution in [0, 0.1) is 11.8 Å². The molecule has 2 aliphatic heterocycles. The third kappa shape index (κ3) is 3.55. The molecule has 112 valence electrons. The summed E-state index contributed by atoms with van der Waals surface area (Å²) >= 11 is 1.97. The molecule has 2 aliphatic rings. The summed E-state index contributed by atoms with van der Waals surface area (Å²) in [5.74, 6) is 8.72. The van der Waals surface area contributed by atoms with Gasteiger partial charge in [-0.15, -0.1) is 0 Å². The first-order valence-electron chi connectivity index (χ1n) is 7.38. The molecular weight excluding hydrogens is 284 g/mol. The second kappa shape index (κ2) is 6.74. The van der Waals surface area contributed by atoms with Crippen LogP contribution in [-0.4, -0.2) is 41.5 Å². The number of hydrogen-bond donors (Lipinski definition) is 1. The van der Waals surface area contributed by atoms with Crippen molar-refractivity contribution in [2.24, 2.45) is 0 Å². The van der Waals surface area contributed by atoms with E-state index in [1.807, 2.05) is 36.0 Å². The highest BCUT2D eigenvalue weighted by molar-refractivity contribution is 7.99. The highest BCUT2D eigenvalue weighted by atomic mass is 32.2. The van der Waals surface area contributed by atoms with Crippen molar-refractivity contribution in [1.29, 1.82) is 0 Å². The van der Waals surface area contributed by atoms with E-state index in [-0.39, 0.29) is 18.3 Å². The van der Waals surface area contributed by atoms with Gasteiger partial charge >= 0.3 is 0 Å². The molecule has 1 N–H and O–H groups in total. The van der Waals surface area contributed by atoms with E-state index in [0.717, 1.165) is 42.9 Å². The molecule has 2 heterocycles. The number of thioether (sulfide) groups is 1. The zero-order chi connectivity index (χ0) is 14.5. The molecule has 0 saturated carbocycles. The summed E-state index contributed by atoms with van der Waals surface area (Å²) in [4.78, 5) is 0. The lowest BCUT2D eigenvalue weighted by atomic mass is 9.91. The van der Waals surface area contributed by atoms with E-state index in [1.54, 1.807) is 0 Å². The van der Waals surface area contributed by atoms with Gasteiger partial charge in [0.2, 0.25) is 0 Å². The van der Waals surface area contributed by atoms with Gasteiger partial charge in [-0.3, -0.25) is 0 Å². The second-order valence-electron chi connectivity index (χ2n) is 5.52. The van der Waals surface area contributed by atoms with E-state index >= 15 is 0 Å². The summed E-state index contributed by atoms with van der Waals surface area (Å²) in [5, 5.41) is 8.85. The minimum Gasteiger partial charge on any atom is -0.489 e. The number of aliphatic hydroxyl groups excluding tert-OH is 1. The standard InChI is InChI=1S/C17H20O3S/c18-9-3-5-14-4-1-2-6-16(14)20-15-7-10-19-17(12-15)8-11-21-13-17/h1-2,4,6,15,18H,7-13H2. The average Bonchev–Trinajstić information content (AvgIpc) is 2.94. The van der Waals surface area contributed by atoms with Crippen molar-refractivity contribution in [3.8, 4) is 17.6 Å². The van der Waals surface area contributed by atoms with E-state index in [0.29, 0.717) is 0 Å². The zero-order valence-electron chi connectivity index (χ0n) is 12.0. The van der Waals surface area contributed by atoms with Crippen LogP contribution in [0.3, 0.4) is 0 Å². The van der Waals surface area contributed by atoms with Crippen molar-refractivity contribution in [3.63, 3.8) is 0 Å². The Hall–Kier alpha value is -1.15. The van der Waals surface area contributed by atoms with Gasteiger partial charge in [0.25, 0.3) is 0 Å². The molecule has 21 heavy (non-hydrogen) atoms. The predicted molar refractivity (Wildman–Crippen MR) is 84.7 cm³/mol. The molecule has 3 nitrogen and oxygen atoms in total. The maximum absolute atomic E-state index is 8.85. The van der Waals surface area contributed by atoms with Gasteiger partial charge in [-0.25, -0.2) is 0 Å². The lowest BCUT2D eigenvalue weighted by Crippen LogP contribution is -2.43. The summed E-state index contributed by atoms with van der Waals surface area (Å²) in [6.07, 6.45) is 3.20. The first kappa shape index (κ1) is 14.8. The molecule has 0 aliphatic carbocycles. The molecule has 1 aromatic rings.